The first kappa shape index (κ1) is 24.0. The number of carbonyl (C=O) groups excluding carboxylic acids is 2. The largest absolute Gasteiger partial charge is 0.480 e. The maximum atomic E-state index is 13.5. The third-order valence-electron chi connectivity index (χ3n) is 6.95. The summed E-state index contributed by atoms with van der Waals surface area (Å²) in [6.45, 7) is 3.35. The number of carboxylic acid groups (broad SMARTS) is 1. The van der Waals surface area contributed by atoms with Crippen LogP contribution in [0.1, 0.15) is 36.1 Å². The van der Waals surface area contributed by atoms with Gasteiger partial charge in [0.05, 0.1) is 12.6 Å². The average Bonchev–Trinajstić information content (AvgIpc) is 3.44. The number of carbonyl (C=O) groups is 3. The molecule has 2 aromatic rings. The number of benzene rings is 2. The van der Waals surface area contributed by atoms with Gasteiger partial charge in [-0.3, -0.25) is 19.7 Å². The third-order valence-corrected chi connectivity index (χ3v) is 6.95. The molecule has 0 saturated carbocycles. The highest BCUT2D eigenvalue weighted by Crippen LogP contribution is 2.30. The van der Waals surface area contributed by atoms with E-state index in [1.807, 2.05) is 36.4 Å². The smallest absolute Gasteiger partial charge is 0.323 e. The van der Waals surface area contributed by atoms with E-state index in [1.54, 1.807) is 13.8 Å². The van der Waals surface area contributed by atoms with Crippen LogP contribution < -0.4 is 5.32 Å². The quantitative estimate of drug-likeness (QED) is 0.554. The molecule has 0 fully saturated rings. The standard InChI is InChI=1S/C27H32N2O5/c1-3-34-27(33)25(22-12-18-8-4-5-9-19(18)13-22)28-17(2)26(32)29(16-24(30)31)23-14-20-10-6-7-11-21(20)15-23/h4-11,17,22-23,25,28H,3,12-16H2,1-2H3,(H,30,31)/t17-,25?/m0/s1. The number of ether oxygens (including phenoxy) is 1. The summed E-state index contributed by atoms with van der Waals surface area (Å²) < 4.78 is 5.34. The number of fused-ring (bicyclic) bond motifs is 2. The van der Waals surface area contributed by atoms with Crippen molar-refractivity contribution in [2.75, 3.05) is 13.2 Å². The molecule has 2 atom stereocenters. The van der Waals surface area contributed by atoms with E-state index in [0.29, 0.717) is 12.8 Å². The Morgan fingerprint density at radius 1 is 0.971 bits per heavy atom. The Bertz CT molecular complexity index is 1020. The lowest BCUT2D eigenvalue weighted by Gasteiger charge is -2.32. The van der Waals surface area contributed by atoms with Crippen LogP contribution in [0, 0.1) is 5.92 Å². The van der Waals surface area contributed by atoms with Gasteiger partial charge in [0.25, 0.3) is 0 Å². The number of rotatable bonds is 9. The molecule has 0 aliphatic heterocycles. The van der Waals surface area contributed by atoms with Crippen LogP contribution in [-0.4, -0.2) is 59.1 Å². The number of aliphatic carboxylic acids is 1. The maximum Gasteiger partial charge on any atom is 0.323 e. The highest BCUT2D eigenvalue weighted by Gasteiger charge is 2.38. The van der Waals surface area contributed by atoms with Gasteiger partial charge in [0.2, 0.25) is 5.91 Å². The van der Waals surface area contributed by atoms with Crippen molar-refractivity contribution < 1.29 is 24.2 Å². The molecule has 7 nitrogen and oxygen atoms in total. The fourth-order valence-electron chi connectivity index (χ4n) is 5.34. The Morgan fingerprint density at radius 3 is 1.94 bits per heavy atom. The third kappa shape index (κ3) is 5.14. The topological polar surface area (TPSA) is 95.9 Å². The summed E-state index contributed by atoms with van der Waals surface area (Å²) in [7, 11) is 0. The lowest BCUT2D eigenvalue weighted by atomic mass is 9.95. The molecule has 1 unspecified atom stereocenters. The Hall–Kier alpha value is -3.19. The molecule has 0 aromatic heterocycles. The van der Waals surface area contributed by atoms with Crippen LogP contribution in [0.25, 0.3) is 0 Å². The molecule has 0 saturated heterocycles. The summed E-state index contributed by atoms with van der Waals surface area (Å²) in [5, 5.41) is 12.7. The molecule has 2 aliphatic carbocycles. The lowest BCUT2D eigenvalue weighted by molar-refractivity contribution is -0.150. The number of amides is 1. The van der Waals surface area contributed by atoms with E-state index in [2.05, 4.69) is 17.4 Å². The van der Waals surface area contributed by atoms with Crippen molar-refractivity contribution in [3.05, 3.63) is 70.8 Å². The van der Waals surface area contributed by atoms with Gasteiger partial charge in [-0.2, -0.15) is 0 Å². The van der Waals surface area contributed by atoms with Gasteiger partial charge in [-0.05, 0) is 67.7 Å². The summed E-state index contributed by atoms with van der Waals surface area (Å²) in [5.41, 5.74) is 4.70. The van der Waals surface area contributed by atoms with E-state index < -0.39 is 18.1 Å². The van der Waals surface area contributed by atoms with E-state index >= 15 is 0 Å². The van der Waals surface area contributed by atoms with E-state index in [0.717, 1.165) is 24.0 Å². The van der Waals surface area contributed by atoms with E-state index in [9.17, 15) is 19.5 Å². The molecule has 0 spiro atoms. The Labute approximate surface area is 200 Å². The highest BCUT2D eigenvalue weighted by molar-refractivity contribution is 5.86. The second kappa shape index (κ2) is 10.4. The minimum absolute atomic E-state index is 0.0321. The van der Waals surface area contributed by atoms with Gasteiger partial charge in [0.15, 0.2) is 0 Å². The predicted molar refractivity (Wildman–Crippen MR) is 127 cm³/mol. The first-order chi connectivity index (χ1) is 16.4. The maximum absolute atomic E-state index is 13.5. The van der Waals surface area contributed by atoms with Crippen LogP contribution in [0.4, 0.5) is 0 Å². The molecule has 0 radical (unpaired) electrons. The Morgan fingerprint density at radius 2 is 1.47 bits per heavy atom. The van der Waals surface area contributed by atoms with Crippen molar-refractivity contribution in [2.45, 2.75) is 57.7 Å². The van der Waals surface area contributed by atoms with Crippen molar-refractivity contribution in [1.82, 2.24) is 10.2 Å². The number of hydrogen-bond donors (Lipinski definition) is 2. The number of carboxylic acids is 1. The van der Waals surface area contributed by atoms with E-state index in [1.165, 1.54) is 16.0 Å². The number of nitrogens with one attached hydrogen (secondary N) is 1. The van der Waals surface area contributed by atoms with Crippen molar-refractivity contribution in [3.8, 4) is 0 Å². The first-order valence-electron chi connectivity index (χ1n) is 12.0. The van der Waals surface area contributed by atoms with Gasteiger partial charge in [0.1, 0.15) is 12.6 Å². The zero-order valence-corrected chi connectivity index (χ0v) is 19.7. The summed E-state index contributed by atoms with van der Waals surface area (Å²) in [4.78, 5) is 39.5. The molecule has 2 aromatic carbocycles. The van der Waals surface area contributed by atoms with E-state index in [-0.39, 0.29) is 37.0 Å². The molecule has 0 bridgehead atoms. The van der Waals surface area contributed by atoms with Crippen LogP contribution >= 0.6 is 0 Å². The zero-order chi connectivity index (χ0) is 24.2. The highest BCUT2D eigenvalue weighted by atomic mass is 16.5. The van der Waals surface area contributed by atoms with Crippen LogP contribution in [0.15, 0.2) is 48.5 Å². The van der Waals surface area contributed by atoms with E-state index in [4.69, 9.17) is 4.74 Å². The Balaban J connectivity index is 1.50. The summed E-state index contributed by atoms with van der Waals surface area (Å²) in [6, 6.07) is 14.5. The SMILES string of the molecule is CCOC(=O)C(N[C@@H](C)C(=O)N(CC(=O)O)C1Cc2ccccc2C1)C1Cc2ccccc2C1. The molecular weight excluding hydrogens is 432 g/mol. The molecular formula is C27H32N2O5. The normalized spacial score (nSPS) is 17.0. The van der Waals surface area contributed by atoms with Gasteiger partial charge < -0.3 is 14.7 Å². The van der Waals surface area contributed by atoms with Crippen LogP contribution in [0.2, 0.25) is 0 Å². The second-order valence-corrected chi connectivity index (χ2v) is 9.25. The van der Waals surface area contributed by atoms with Crippen molar-refractivity contribution in [2.24, 2.45) is 5.92 Å². The van der Waals surface area contributed by atoms with Gasteiger partial charge in [-0.1, -0.05) is 48.5 Å². The van der Waals surface area contributed by atoms with Crippen LogP contribution in [-0.2, 0) is 44.8 Å². The van der Waals surface area contributed by atoms with Crippen molar-refractivity contribution in [1.29, 1.82) is 0 Å². The van der Waals surface area contributed by atoms with Crippen molar-refractivity contribution in [3.63, 3.8) is 0 Å². The van der Waals surface area contributed by atoms with Crippen molar-refractivity contribution >= 4 is 17.8 Å². The number of esters is 1. The molecule has 2 aliphatic rings. The summed E-state index contributed by atoms with van der Waals surface area (Å²) in [6.07, 6.45) is 2.71. The molecule has 180 valence electrons. The van der Waals surface area contributed by atoms with Gasteiger partial charge >= 0.3 is 11.9 Å². The summed E-state index contributed by atoms with van der Waals surface area (Å²) in [5.74, 6) is -1.77. The second-order valence-electron chi connectivity index (χ2n) is 9.25. The molecule has 4 rings (SSSR count). The fourth-order valence-corrected chi connectivity index (χ4v) is 5.34. The average molecular weight is 465 g/mol. The van der Waals surface area contributed by atoms with Gasteiger partial charge in [-0.25, -0.2) is 0 Å². The Kier molecular flexibility index (Phi) is 7.32. The van der Waals surface area contributed by atoms with Gasteiger partial charge in [-0.15, -0.1) is 0 Å². The molecule has 7 heteroatoms. The first-order valence-corrected chi connectivity index (χ1v) is 12.0. The molecule has 2 N–H and O–H groups in total. The van der Waals surface area contributed by atoms with Crippen LogP contribution in [0.3, 0.4) is 0 Å². The number of hydrogen-bond acceptors (Lipinski definition) is 5. The fraction of sp³-hybridized carbons (Fsp3) is 0.444. The minimum atomic E-state index is -1.05. The lowest BCUT2D eigenvalue weighted by Crippen LogP contribution is -2.56. The predicted octanol–water partition coefficient (Wildman–Crippen LogP) is 2.39. The monoisotopic (exact) mass is 464 g/mol. The van der Waals surface area contributed by atoms with Gasteiger partial charge in [0, 0.05) is 6.04 Å². The zero-order valence-electron chi connectivity index (χ0n) is 19.7. The minimum Gasteiger partial charge on any atom is -0.480 e. The molecule has 0 heterocycles. The number of nitrogens with zero attached hydrogens (tertiary/aromatic N) is 1. The molecule has 1 amide bonds. The van der Waals surface area contributed by atoms with Crippen LogP contribution in [0.5, 0.6) is 0 Å². The summed E-state index contributed by atoms with van der Waals surface area (Å²) >= 11 is 0. The molecule has 34 heavy (non-hydrogen) atoms.